The Morgan fingerprint density at radius 3 is 2.55 bits per heavy atom. The van der Waals surface area contributed by atoms with E-state index in [4.69, 9.17) is 4.74 Å². The first-order valence-corrected chi connectivity index (χ1v) is 8.16. The Hall–Kier alpha value is -1.75. The van der Waals surface area contributed by atoms with Crippen molar-refractivity contribution < 1.29 is 4.74 Å². The van der Waals surface area contributed by atoms with E-state index >= 15 is 0 Å². The topological polar surface area (TPSA) is 63.7 Å². The molecule has 5 heteroatoms. The minimum absolute atomic E-state index is 0.288. The monoisotopic (exact) mass is 302 g/mol. The molecule has 2 heterocycles. The molecule has 5 nitrogen and oxygen atoms in total. The van der Waals surface area contributed by atoms with Gasteiger partial charge in [0.1, 0.15) is 11.4 Å². The predicted octanol–water partition coefficient (Wildman–Crippen LogP) is 3.99. The number of aromatic amines is 1. The first-order chi connectivity index (χ1) is 10.7. The molecular formula is C17H26N4O. The highest BCUT2D eigenvalue weighted by atomic mass is 16.5. The van der Waals surface area contributed by atoms with E-state index in [1.807, 2.05) is 12.1 Å². The Bertz CT molecular complexity index is 541. The molecule has 22 heavy (non-hydrogen) atoms. The minimum Gasteiger partial charge on any atom is -0.372 e. The number of nitrogens with zero attached hydrogens (tertiary/aromatic N) is 3. The summed E-state index contributed by atoms with van der Waals surface area (Å²) in [7, 11) is 0. The van der Waals surface area contributed by atoms with Gasteiger partial charge in [-0.2, -0.15) is 15.4 Å². The average molecular weight is 302 g/mol. The Labute approximate surface area is 132 Å². The van der Waals surface area contributed by atoms with Crippen molar-refractivity contribution in [3.8, 4) is 11.3 Å². The molecular weight excluding hydrogens is 276 g/mol. The molecule has 0 saturated heterocycles. The molecule has 2 aromatic rings. The number of nitrogens with one attached hydrogen (secondary N) is 1. The molecule has 0 fully saturated rings. The third-order valence-electron chi connectivity index (χ3n) is 4.16. The fourth-order valence-corrected chi connectivity index (χ4v) is 2.37. The Morgan fingerprint density at radius 2 is 1.86 bits per heavy atom. The van der Waals surface area contributed by atoms with Gasteiger partial charge in [-0.25, -0.2) is 0 Å². The molecule has 2 rings (SSSR count). The summed E-state index contributed by atoms with van der Waals surface area (Å²) in [4.78, 5) is 4.03. The quantitative estimate of drug-likeness (QED) is 0.760. The van der Waals surface area contributed by atoms with Gasteiger partial charge in [0.2, 0.25) is 0 Å². The lowest BCUT2D eigenvalue weighted by Gasteiger charge is -2.17. The van der Waals surface area contributed by atoms with Crippen LogP contribution in [0.2, 0.25) is 0 Å². The van der Waals surface area contributed by atoms with Crippen LogP contribution in [0.4, 0.5) is 0 Å². The van der Waals surface area contributed by atoms with Crippen LogP contribution >= 0.6 is 0 Å². The zero-order chi connectivity index (χ0) is 15.8. The van der Waals surface area contributed by atoms with Crippen molar-refractivity contribution in [1.82, 2.24) is 20.4 Å². The number of hydrogen-bond acceptors (Lipinski definition) is 4. The van der Waals surface area contributed by atoms with Crippen LogP contribution < -0.4 is 0 Å². The van der Waals surface area contributed by atoms with Crippen molar-refractivity contribution >= 4 is 0 Å². The number of rotatable bonds is 9. The standard InChI is InChI=1S/C17H26N4O/c1-4-13(3)6-7-15(5-2)22-12-16-17(20-21-19-16)14-8-10-18-11-9-14/h8-11,13,15H,4-7,12H2,1-3H3,(H,19,20,21). The number of ether oxygens (including phenoxy) is 1. The zero-order valence-corrected chi connectivity index (χ0v) is 13.7. The predicted molar refractivity (Wildman–Crippen MR) is 87.2 cm³/mol. The molecule has 1 N–H and O–H groups in total. The van der Waals surface area contributed by atoms with Gasteiger partial charge < -0.3 is 4.74 Å². The van der Waals surface area contributed by atoms with Gasteiger partial charge >= 0.3 is 0 Å². The van der Waals surface area contributed by atoms with Crippen LogP contribution in [0, 0.1) is 5.92 Å². The molecule has 0 aliphatic heterocycles. The second kappa shape index (κ2) is 8.63. The fraction of sp³-hybridized carbons (Fsp3) is 0.588. The summed E-state index contributed by atoms with van der Waals surface area (Å²) in [6, 6.07) is 3.86. The molecule has 0 aliphatic rings. The van der Waals surface area contributed by atoms with Crippen molar-refractivity contribution in [2.75, 3.05) is 0 Å². The molecule has 120 valence electrons. The van der Waals surface area contributed by atoms with Crippen molar-refractivity contribution in [3.05, 3.63) is 30.2 Å². The molecule has 0 amide bonds. The van der Waals surface area contributed by atoms with Crippen LogP contribution in [0.5, 0.6) is 0 Å². The van der Waals surface area contributed by atoms with E-state index in [1.165, 1.54) is 12.8 Å². The average Bonchev–Trinajstić information content (AvgIpc) is 3.04. The summed E-state index contributed by atoms with van der Waals surface area (Å²) >= 11 is 0. The second-order valence-corrected chi connectivity index (χ2v) is 5.79. The number of H-pyrrole nitrogens is 1. The minimum atomic E-state index is 0.288. The maximum absolute atomic E-state index is 6.05. The highest BCUT2D eigenvalue weighted by Gasteiger charge is 2.14. The summed E-state index contributed by atoms with van der Waals surface area (Å²) < 4.78 is 6.05. The van der Waals surface area contributed by atoms with Crippen LogP contribution in [0.15, 0.2) is 24.5 Å². The van der Waals surface area contributed by atoms with Gasteiger partial charge in [0.15, 0.2) is 0 Å². The van der Waals surface area contributed by atoms with Crippen LogP contribution in [-0.2, 0) is 11.3 Å². The zero-order valence-electron chi connectivity index (χ0n) is 13.7. The van der Waals surface area contributed by atoms with E-state index in [-0.39, 0.29) is 6.10 Å². The van der Waals surface area contributed by atoms with Crippen LogP contribution in [-0.4, -0.2) is 26.5 Å². The van der Waals surface area contributed by atoms with Crippen molar-refractivity contribution in [1.29, 1.82) is 0 Å². The largest absolute Gasteiger partial charge is 0.372 e. The molecule has 2 unspecified atom stereocenters. The van der Waals surface area contributed by atoms with Gasteiger partial charge in [-0.15, -0.1) is 0 Å². The van der Waals surface area contributed by atoms with Crippen LogP contribution in [0.25, 0.3) is 11.3 Å². The van der Waals surface area contributed by atoms with Gasteiger partial charge in [0, 0.05) is 18.0 Å². The van der Waals surface area contributed by atoms with Crippen molar-refractivity contribution in [3.63, 3.8) is 0 Å². The maximum Gasteiger partial charge on any atom is 0.118 e. The summed E-state index contributed by atoms with van der Waals surface area (Å²) in [5.41, 5.74) is 2.71. The van der Waals surface area contributed by atoms with E-state index in [1.54, 1.807) is 12.4 Å². The Morgan fingerprint density at radius 1 is 1.09 bits per heavy atom. The highest BCUT2D eigenvalue weighted by molar-refractivity contribution is 5.59. The number of hydrogen-bond donors (Lipinski definition) is 1. The summed E-state index contributed by atoms with van der Waals surface area (Å²) in [5.74, 6) is 0.761. The van der Waals surface area contributed by atoms with Crippen molar-refractivity contribution in [2.24, 2.45) is 5.92 Å². The summed E-state index contributed by atoms with van der Waals surface area (Å²) in [5, 5.41) is 11.2. The Kier molecular flexibility index (Phi) is 6.52. The smallest absolute Gasteiger partial charge is 0.118 e. The summed E-state index contributed by atoms with van der Waals surface area (Å²) in [6.07, 6.45) is 8.38. The van der Waals surface area contributed by atoms with E-state index in [2.05, 4.69) is 41.2 Å². The molecule has 2 atom stereocenters. The second-order valence-electron chi connectivity index (χ2n) is 5.79. The third kappa shape index (κ3) is 4.63. The molecule has 0 aliphatic carbocycles. The molecule has 0 spiro atoms. The van der Waals surface area contributed by atoms with E-state index in [9.17, 15) is 0 Å². The van der Waals surface area contributed by atoms with Gasteiger partial charge in [0.25, 0.3) is 0 Å². The third-order valence-corrected chi connectivity index (χ3v) is 4.16. The molecule has 0 radical (unpaired) electrons. The van der Waals surface area contributed by atoms with Crippen LogP contribution in [0.3, 0.4) is 0 Å². The van der Waals surface area contributed by atoms with E-state index in [0.717, 1.165) is 35.7 Å². The van der Waals surface area contributed by atoms with Gasteiger partial charge in [-0.3, -0.25) is 4.98 Å². The van der Waals surface area contributed by atoms with E-state index in [0.29, 0.717) is 6.61 Å². The van der Waals surface area contributed by atoms with Crippen LogP contribution in [0.1, 0.15) is 52.1 Å². The van der Waals surface area contributed by atoms with Crippen molar-refractivity contribution in [2.45, 2.75) is 59.2 Å². The normalized spacial score (nSPS) is 14.0. The number of pyridine rings is 1. The Balaban J connectivity index is 1.92. The fourth-order valence-electron chi connectivity index (χ4n) is 2.37. The number of aromatic nitrogens is 4. The lowest BCUT2D eigenvalue weighted by Crippen LogP contribution is -2.13. The SMILES string of the molecule is CCC(C)CCC(CC)OCc1n[nH]nc1-c1ccncc1. The lowest BCUT2D eigenvalue weighted by atomic mass is 9.99. The van der Waals surface area contributed by atoms with Gasteiger partial charge in [0.05, 0.1) is 12.7 Å². The summed E-state index contributed by atoms with van der Waals surface area (Å²) in [6.45, 7) is 7.20. The first-order valence-electron chi connectivity index (χ1n) is 8.16. The lowest BCUT2D eigenvalue weighted by molar-refractivity contribution is 0.0273. The van der Waals surface area contributed by atoms with Gasteiger partial charge in [-0.1, -0.05) is 27.2 Å². The maximum atomic E-state index is 6.05. The molecule has 0 aromatic carbocycles. The highest BCUT2D eigenvalue weighted by Crippen LogP contribution is 2.21. The molecule has 0 saturated carbocycles. The first kappa shape index (κ1) is 16.6. The van der Waals surface area contributed by atoms with E-state index < -0.39 is 0 Å². The molecule has 2 aromatic heterocycles. The molecule has 0 bridgehead atoms. The van der Waals surface area contributed by atoms with Gasteiger partial charge in [-0.05, 0) is 37.3 Å².